The lowest BCUT2D eigenvalue weighted by atomic mass is 10.1. The molecule has 0 amide bonds. The zero-order valence-corrected chi connectivity index (χ0v) is 8.71. The average molecular weight is 244 g/mol. The van der Waals surface area contributed by atoms with E-state index in [0.29, 0.717) is 6.07 Å². The van der Waals surface area contributed by atoms with Gasteiger partial charge in [0, 0.05) is 0 Å². The number of carbonyl (C=O) groups excluding carboxylic acids is 1. The molecule has 0 saturated carbocycles. The van der Waals surface area contributed by atoms with Crippen molar-refractivity contribution in [2.45, 2.75) is 13.3 Å². The van der Waals surface area contributed by atoms with E-state index in [1.54, 1.807) is 0 Å². The molecule has 1 aromatic rings. The maximum absolute atomic E-state index is 13.0. The molecule has 1 heterocycles. The van der Waals surface area contributed by atoms with Crippen molar-refractivity contribution >= 4 is 5.97 Å². The van der Waals surface area contributed by atoms with E-state index in [1.807, 2.05) is 0 Å². The van der Waals surface area contributed by atoms with Gasteiger partial charge in [0.15, 0.2) is 5.69 Å². The summed E-state index contributed by atoms with van der Waals surface area (Å²) in [6.07, 6.45) is -3.12. The van der Waals surface area contributed by atoms with Crippen molar-refractivity contribution in [1.29, 1.82) is 5.26 Å². The molecule has 1 aromatic heterocycles. The minimum absolute atomic E-state index is 0.00505. The molecule has 0 aliphatic rings. The van der Waals surface area contributed by atoms with E-state index >= 15 is 0 Å². The number of hydrogen-bond donors (Lipinski definition) is 0. The number of halogens is 3. The van der Waals surface area contributed by atoms with Crippen molar-refractivity contribution in [3.05, 3.63) is 28.8 Å². The first-order valence-electron chi connectivity index (χ1n) is 4.57. The molecule has 17 heavy (non-hydrogen) atoms. The molecule has 0 aliphatic heterocycles. The van der Waals surface area contributed by atoms with Gasteiger partial charge in [-0.2, -0.15) is 9.65 Å². The van der Waals surface area contributed by atoms with E-state index in [0.717, 1.165) is 0 Å². The van der Waals surface area contributed by atoms with Crippen LogP contribution in [-0.4, -0.2) is 17.6 Å². The minimum atomic E-state index is -3.12. The van der Waals surface area contributed by atoms with Crippen LogP contribution in [0.3, 0.4) is 0 Å². The lowest BCUT2D eigenvalue weighted by Gasteiger charge is -2.06. The Morgan fingerprint density at radius 2 is 2.29 bits per heavy atom. The van der Waals surface area contributed by atoms with Crippen LogP contribution in [0, 0.1) is 17.3 Å². The standard InChI is InChI=1S/C10H7F3N2O2/c1-2-17-10(16)5-3-6(8(11)12)9(13)15-7(5)4-14/h3,8H,2H2,1H3. The van der Waals surface area contributed by atoms with E-state index in [-0.39, 0.29) is 6.61 Å². The highest BCUT2D eigenvalue weighted by atomic mass is 19.3. The zero-order valence-electron chi connectivity index (χ0n) is 8.71. The number of ether oxygens (including phenoxy) is 1. The SMILES string of the molecule is CCOC(=O)c1cc(C(F)F)c(F)nc1C#N. The third-order valence-corrected chi connectivity index (χ3v) is 1.84. The summed E-state index contributed by atoms with van der Waals surface area (Å²) in [5, 5.41) is 8.62. The van der Waals surface area contributed by atoms with Crippen molar-refractivity contribution in [1.82, 2.24) is 4.98 Å². The van der Waals surface area contributed by atoms with Crippen LogP contribution in [0.2, 0.25) is 0 Å². The van der Waals surface area contributed by atoms with Crippen LogP contribution in [0.15, 0.2) is 6.07 Å². The monoisotopic (exact) mass is 244 g/mol. The van der Waals surface area contributed by atoms with E-state index in [9.17, 15) is 18.0 Å². The fraction of sp³-hybridized carbons (Fsp3) is 0.300. The molecule has 0 aromatic carbocycles. The minimum Gasteiger partial charge on any atom is -0.462 e. The van der Waals surface area contributed by atoms with Gasteiger partial charge in [-0.1, -0.05) is 0 Å². The first kappa shape index (κ1) is 13.0. The molecule has 7 heteroatoms. The topological polar surface area (TPSA) is 63.0 Å². The Morgan fingerprint density at radius 3 is 2.76 bits per heavy atom. The first-order chi connectivity index (χ1) is 8.01. The third-order valence-electron chi connectivity index (χ3n) is 1.84. The summed E-state index contributed by atoms with van der Waals surface area (Å²) in [5.74, 6) is -2.46. The lowest BCUT2D eigenvalue weighted by molar-refractivity contribution is 0.0524. The molecule has 0 aliphatic carbocycles. The van der Waals surface area contributed by atoms with Gasteiger partial charge < -0.3 is 4.74 Å². The zero-order chi connectivity index (χ0) is 13.0. The largest absolute Gasteiger partial charge is 0.462 e. The van der Waals surface area contributed by atoms with Crippen molar-refractivity contribution in [2.75, 3.05) is 6.61 Å². The van der Waals surface area contributed by atoms with Gasteiger partial charge in [0.25, 0.3) is 6.43 Å². The van der Waals surface area contributed by atoms with Crippen molar-refractivity contribution in [2.24, 2.45) is 0 Å². The van der Waals surface area contributed by atoms with Crippen molar-refractivity contribution in [3.8, 4) is 6.07 Å². The average Bonchev–Trinajstić information content (AvgIpc) is 2.28. The molecule has 90 valence electrons. The van der Waals surface area contributed by atoms with E-state index < -0.39 is 35.2 Å². The van der Waals surface area contributed by atoms with Crippen LogP contribution in [0.4, 0.5) is 13.2 Å². The first-order valence-corrected chi connectivity index (χ1v) is 4.57. The fourth-order valence-corrected chi connectivity index (χ4v) is 1.11. The summed E-state index contributed by atoms with van der Waals surface area (Å²) in [4.78, 5) is 14.3. The highest BCUT2D eigenvalue weighted by Crippen LogP contribution is 2.23. The molecule has 0 spiro atoms. The van der Waals surface area contributed by atoms with Gasteiger partial charge in [-0.25, -0.2) is 18.6 Å². The van der Waals surface area contributed by atoms with Gasteiger partial charge in [0.2, 0.25) is 5.95 Å². The number of nitrogens with zero attached hydrogens (tertiary/aromatic N) is 2. The number of pyridine rings is 1. The predicted molar refractivity (Wildman–Crippen MR) is 49.8 cm³/mol. The summed E-state index contributed by atoms with van der Waals surface area (Å²) in [6, 6.07) is 2.03. The molecule has 0 fully saturated rings. The Bertz CT molecular complexity index is 483. The molecule has 0 N–H and O–H groups in total. The van der Waals surface area contributed by atoms with E-state index in [2.05, 4.69) is 9.72 Å². The highest BCUT2D eigenvalue weighted by molar-refractivity contribution is 5.91. The lowest BCUT2D eigenvalue weighted by Crippen LogP contribution is -2.11. The number of carbonyl (C=O) groups is 1. The van der Waals surface area contributed by atoms with Gasteiger partial charge in [-0.15, -0.1) is 0 Å². The normalized spacial score (nSPS) is 10.1. The number of esters is 1. The van der Waals surface area contributed by atoms with Crippen molar-refractivity contribution in [3.63, 3.8) is 0 Å². The predicted octanol–water partition coefficient (Wildman–Crippen LogP) is 2.21. The van der Waals surface area contributed by atoms with E-state index in [1.165, 1.54) is 13.0 Å². The van der Waals surface area contributed by atoms with Crippen LogP contribution in [0.1, 0.15) is 35.0 Å². The summed E-state index contributed by atoms with van der Waals surface area (Å²) < 4.78 is 42.3. The maximum atomic E-state index is 13.0. The Morgan fingerprint density at radius 1 is 1.65 bits per heavy atom. The molecule has 0 bridgehead atoms. The quantitative estimate of drug-likeness (QED) is 0.604. The molecule has 0 radical (unpaired) electrons. The van der Waals surface area contributed by atoms with Gasteiger partial charge >= 0.3 is 5.97 Å². The molecule has 1 rings (SSSR count). The third kappa shape index (κ3) is 2.72. The molecular weight excluding hydrogens is 237 g/mol. The smallest absolute Gasteiger partial charge is 0.341 e. The maximum Gasteiger partial charge on any atom is 0.341 e. The molecule has 0 unspecified atom stereocenters. The number of nitriles is 1. The second-order valence-electron chi connectivity index (χ2n) is 2.90. The molecule has 4 nitrogen and oxygen atoms in total. The fourth-order valence-electron chi connectivity index (χ4n) is 1.11. The van der Waals surface area contributed by atoms with Crippen LogP contribution >= 0.6 is 0 Å². The highest BCUT2D eigenvalue weighted by Gasteiger charge is 2.22. The van der Waals surface area contributed by atoms with E-state index in [4.69, 9.17) is 5.26 Å². The van der Waals surface area contributed by atoms with Gasteiger partial charge in [-0.3, -0.25) is 0 Å². The Hall–Kier alpha value is -2.10. The van der Waals surface area contributed by atoms with Crippen LogP contribution in [0.5, 0.6) is 0 Å². The number of rotatable bonds is 3. The van der Waals surface area contributed by atoms with Gasteiger partial charge in [0.05, 0.1) is 17.7 Å². The van der Waals surface area contributed by atoms with Crippen LogP contribution < -0.4 is 0 Å². The second kappa shape index (κ2) is 5.30. The molecule has 0 saturated heterocycles. The Kier molecular flexibility index (Phi) is 4.04. The second-order valence-corrected chi connectivity index (χ2v) is 2.90. The summed E-state index contributed by atoms with van der Waals surface area (Å²) >= 11 is 0. The van der Waals surface area contributed by atoms with Crippen LogP contribution in [-0.2, 0) is 4.74 Å². The summed E-state index contributed by atoms with van der Waals surface area (Å²) in [6.45, 7) is 1.51. The Labute approximate surface area is 94.6 Å². The number of alkyl halides is 2. The number of aromatic nitrogens is 1. The van der Waals surface area contributed by atoms with Gasteiger partial charge in [0.1, 0.15) is 6.07 Å². The van der Waals surface area contributed by atoms with Crippen LogP contribution in [0.25, 0.3) is 0 Å². The number of hydrogen-bond acceptors (Lipinski definition) is 4. The summed E-state index contributed by atoms with van der Waals surface area (Å²) in [5.41, 5.74) is -2.08. The molecular formula is C10H7F3N2O2. The summed E-state index contributed by atoms with van der Waals surface area (Å²) in [7, 11) is 0. The van der Waals surface area contributed by atoms with Crippen molar-refractivity contribution < 1.29 is 22.7 Å². The Balaban J connectivity index is 3.32. The molecule has 0 atom stereocenters. The van der Waals surface area contributed by atoms with Gasteiger partial charge in [-0.05, 0) is 13.0 Å².